The highest BCUT2D eigenvalue weighted by atomic mass is 16.6. The number of nitrogens with one attached hydrogen (secondary N) is 2. The summed E-state index contributed by atoms with van der Waals surface area (Å²) in [5, 5.41) is 32.7. The number of carbonyl (C=O) groups excluding carboxylic acids is 3. The predicted molar refractivity (Wildman–Crippen MR) is 109 cm³/mol. The molecule has 7 N–H and O–H groups in total. The molecule has 0 aromatic heterocycles. The Morgan fingerprint density at radius 1 is 1.24 bits per heavy atom. The van der Waals surface area contributed by atoms with Crippen LogP contribution in [0, 0.1) is 0 Å². The van der Waals surface area contributed by atoms with Gasteiger partial charge in [-0.1, -0.05) is 6.92 Å². The van der Waals surface area contributed by atoms with Gasteiger partial charge < -0.3 is 45.3 Å². The van der Waals surface area contributed by atoms with E-state index in [0.29, 0.717) is 0 Å². The fourth-order valence-electron chi connectivity index (χ4n) is 2.63. The van der Waals surface area contributed by atoms with Crippen LogP contribution in [0.4, 0.5) is 9.59 Å². The highest BCUT2D eigenvalue weighted by Gasteiger charge is 2.39. The van der Waals surface area contributed by atoms with Crippen LogP contribution in [0.3, 0.4) is 0 Å². The average molecular weight is 476 g/mol. The quantitative estimate of drug-likeness (QED) is 0.0673. The molecule has 1 rings (SSSR count). The summed E-state index contributed by atoms with van der Waals surface area (Å²) in [6.07, 6.45) is -3.44. The molecule has 4 atom stereocenters. The maximum Gasteiger partial charge on any atom is 0.414 e. The Morgan fingerprint density at radius 3 is 2.48 bits per heavy atom. The topological polar surface area (TPSA) is 228 Å². The van der Waals surface area contributed by atoms with E-state index in [4.69, 9.17) is 25.1 Å². The molecule has 0 bridgehead atoms. The van der Waals surface area contributed by atoms with Gasteiger partial charge in [0, 0.05) is 12.8 Å². The predicted octanol–water partition coefficient (Wildman–Crippen LogP) is -1.82. The number of guanidine groups is 1. The van der Waals surface area contributed by atoms with E-state index in [2.05, 4.69) is 20.4 Å². The van der Waals surface area contributed by atoms with E-state index in [-0.39, 0.29) is 26.1 Å². The summed E-state index contributed by atoms with van der Waals surface area (Å²) in [6.45, 7) is 0.541. The van der Waals surface area contributed by atoms with Crippen molar-refractivity contribution in [2.45, 2.75) is 44.1 Å². The number of carbonyl (C=O) groups is 4. The van der Waals surface area contributed by atoms with Crippen LogP contribution < -0.4 is 16.4 Å². The van der Waals surface area contributed by atoms with Gasteiger partial charge in [-0.2, -0.15) is 0 Å². The average Bonchev–Trinajstić information content (AvgIpc) is 2.77. The first-order valence-electron chi connectivity index (χ1n) is 9.79. The van der Waals surface area contributed by atoms with Gasteiger partial charge in [0.1, 0.15) is 19.3 Å². The third kappa shape index (κ3) is 9.61. The van der Waals surface area contributed by atoms with Crippen molar-refractivity contribution in [1.29, 1.82) is 0 Å². The summed E-state index contributed by atoms with van der Waals surface area (Å²) in [6, 6.07) is -2.27. The number of hydrogen-bond donors (Lipinski definition) is 6. The van der Waals surface area contributed by atoms with Gasteiger partial charge in [-0.3, -0.25) is 10.1 Å². The van der Waals surface area contributed by atoms with E-state index >= 15 is 0 Å². The number of aliphatic carboxylic acids is 1. The maximum absolute atomic E-state index is 11.8. The van der Waals surface area contributed by atoms with Gasteiger partial charge in [0.2, 0.25) is 5.76 Å². The van der Waals surface area contributed by atoms with Crippen LogP contribution in [0.5, 0.6) is 0 Å². The zero-order valence-electron chi connectivity index (χ0n) is 18.1. The Hall–Kier alpha value is -3.59. The van der Waals surface area contributed by atoms with Gasteiger partial charge in [-0.25, -0.2) is 19.4 Å². The molecule has 15 nitrogen and oxygen atoms in total. The minimum absolute atomic E-state index is 0.165. The van der Waals surface area contributed by atoms with E-state index in [1.54, 1.807) is 6.92 Å². The van der Waals surface area contributed by atoms with Gasteiger partial charge in [0.05, 0.1) is 31.9 Å². The minimum Gasteiger partial charge on any atom is -0.481 e. The molecule has 0 aromatic carbocycles. The van der Waals surface area contributed by atoms with Crippen LogP contribution in [0.2, 0.25) is 0 Å². The summed E-state index contributed by atoms with van der Waals surface area (Å²) in [7, 11) is 1.09. The van der Waals surface area contributed by atoms with Gasteiger partial charge in [-0.05, 0) is 6.08 Å². The molecule has 0 saturated heterocycles. The number of methoxy groups -OCH3 is 1. The number of aliphatic imine (C=N–C) groups is 1. The number of ether oxygens (including phenoxy) is 4. The lowest BCUT2D eigenvalue weighted by Gasteiger charge is -2.35. The van der Waals surface area contributed by atoms with Crippen molar-refractivity contribution in [3.63, 3.8) is 0 Å². The summed E-state index contributed by atoms with van der Waals surface area (Å²) in [5.74, 6) is -2.96. The van der Waals surface area contributed by atoms with Crippen molar-refractivity contribution in [3.8, 4) is 0 Å². The van der Waals surface area contributed by atoms with Crippen LogP contribution in [-0.4, -0.2) is 96.6 Å². The normalized spacial score (nSPS) is 21.0. The SMILES string of the molecule is CCC(=O)OCCOC(=O)NC(N)=N[C@@H]1C=C(C(=O)O)O[C@H](C[C@H](O)CO)[C@@H]1NC(=O)OC. The second kappa shape index (κ2) is 13.7. The molecule has 33 heavy (non-hydrogen) atoms. The fourth-order valence-corrected chi connectivity index (χ4v) is 2.63. The lowest BCUT2D eigenvalue weighted by molar-refractivity contribution is -0.144. The smallest absolute Gasteiger partial charge is 0.414 e. The molecule has 1 heterocycles. The van der Waals surface area contributed by atoms with Crippen molar-refractivity contribution < 1.29 is 53.4 Å². The molecular formula is C18H28N4O11. The third-order valence-corrected chi connectivity index (χ3v) is 4.15. The zero-order valence-corrected chi connectivity index (χ0v) is 18.1. The van der Waals surface area contributed by atoms with Crippen molar-refractivity contribution in [2.24, 2.45) is 10.7 Å². The second-order valence-corrected chi connectivity index (χ2v) is 6.57. The molecule has 0 spiro atoms. The summed E-state index contributed by atoms with van der Waals surface area (Å²) < 4.78 is 19.4. The third-order valence-electron chi connectivity index (χ3n) is 4.15. The van der Waals surface area contributed by atoms with Crippen LogP contribution in [0.15, 0.2) is 16.8 Å². The molecule has 0 unspecified atom stereocenters. The summed E-state index contributed by atoms with van der Waals surface area (Å²) in [4.78, 5) is 50.1. The van der Waals surface area contributed by atoms with Crippen molar-refractivity contribution >= 4 is 30.1 Å². The molecule has 2 amide bonds. The standard InChI is InChI=1S/C18H28N4O11/c1-3-13(25)31-4-5-32-18(29)22-16(19)20-10-7-12(15(26)27)33-11(6-9(24)8-23)14(10)21-17(28)30-2/h7,9-11,14,23-24H,3-6,8H2,1-2H3,(H,21,28)(H,26,27)(H3,19,20,22,29)/t9-,10+,11+,14+/m0/s1. The van der Waals surface area contributed by atoms with Crippen molar-refractivity contribution in [1.82, 2.24) is 10.6 Å². The number of hydrogen-bond acceptors (Lipinski definition) is 11. The minimum atomic E-state index is -1.46. The van der Waals surface area contributed by atoms with Gasteiger partial charge in [0.25, 0.3) is 0 Å². The molecule has 0 aliphatic carbocycles. The summed E-state index contributed by atoms with van der Waals surface area (Å²) >= 11 is 0. The fraction of sp³-hybridized carbons (Fsp3) is 0.611. The van der Waals surface area contributed by atoms with Gasteiger partial charge in [0.15, 0.2) is 5.96 Å². The zero-order chi connectivity index (χ0) is 25.0. The molecule has 15 heteroatoms. The second-order valence-electron chi connectivity index (χ2n) is 6.57. The lowest BCUT2D eigenvalue weighted by Crippen LogP contribution is -2.55. The first-order valence-corrected chi connectivity index (χ1v) is 9.79. The molecule has 186 valence electrons. The maximum atomic E-state index is 11.8. The van der Waals surface area contributed by atoms with Crippen molar-refractivity contribution in [2.75, 3.05) is 26.9 Å². The number of esters is 1. The van der Waals surface area contributed by atoms with E-state index < -0.39 is 66.7 Å². The first kappa shape index (κ1) is 27.4. The van der Waals surface area contributed by atoms with Gasteiger partial charge >= 0.3 is 24.1 Å². The number of alkyl carbamates (subject to hydrolysis) is 2. The van der Waals surface area contributed by atoms with E-state index in [1.807, 2.05) is 0 Å². The van der Waals surface area contributed by atoms with Crippen LogP contribution in [-0.2, 0) is 28.5 Å². The van der Waals surface area contributed by atoms with E-state index in [0.717, 1.165) is 13.2 Å². The number of aliphatic hydroxyl groups is 2. The Kier molecular flexibility index (Phi) is 11.4. The Morgan fingerprint density at radius 2 is 1.91 bits per heavy atom. The van der Waals surface area contributed by atoms with Crippen LogP contribution >= 0.6 is 0 Å². The molecular weight excluding hydrogens is 448 g/mol. The number of nitrogens with two attached hydrogens (primary N) is 1. The number of nitrogens with zero attached hydrogens (tertiary/aromatic N) is 1. The number of aliphatic hydroxyl groups excluding tert-OH is 2. The van der Waals surface area contributed by atoms with E-state index in [9.17, 15) is 29.4 Å². The molecule has 1 aliphatic heterocycles. The van der Waals surface area contributed by atoms with Crippen LogP contribution in [0.1, 0.15) is 19.8 Å². The highest BCUT2D eigenvalue weighted by molar-refractivity contribution is 5.93. The lowest BCUT2D eigenvalue weighted by atomic mass is 9.94. The highest BCUT2D eigenvalue weighted by Crippen LogP contribution is 2.24. The molecule has 1 aliphatic rings. The molecule has 0 radical (unpaired) electrons. The molecule has 0 saturated carbocycles. The first-order chi connectivity index (χ1) is 15.6. The Bertz CT molecular complexity index is 770. The Balaban J connectivity index is 2.98. The van der Waals surface area contributed by atoms with Gasteiger partial charge in [-0.15, -0.1) is 0 Å². The monoisotopic (exact) mass is 476 g/mol. The number of carboxylic acids is 1. The largest absolute Gasteiger partial charge is 0.481 e. The number of carboxylic acid groups (broad SMARTS) is 1. The number of rotatable bonds is 10. The summed E-state index contributed by atoms with van der Waals surface area (Å²) in [5.41, 5.74) is 5.70. The molecule has 0 fully saturated rings. The van der Waals surface area contributed by atoms with Crippen LogP contribution in [0.25, 0.3) is 0 Å². The Labute approximate surface area is 188 Å². The van der Waals surface area contributed by atoms with E-state index in [1.165, 1.54) is 0 Å². The molecule has 0 aromatic rings. The number of amides is 2. The van der Waals surface area contributed by atoms with Crippen molar-refractivity contribution in [3.05, 3.63) is 11.8 Å².